The Kier molecular flexibility index (Phi) is 5.31. The van der Waals surface area contributed by atoms with Crippen LogP contribution in [0.3, 0.4) is 0 Å². The zero-order valence-electron chi connectivity index (χ0n) is 16.7. The molecule has 1 aromatic heterocycles. The van der Waals surface area contributed by atoms with Gasteiger partial charge in [0.2, 0.25) is 0 Å². The highest BCUT2D eigenvalue weighted by atomic mass is 16.5. The summed E-state index contributed by atoms with van der Waals surface area (Å²) < 4.78 is 6.79. The number of nitrogens with one attached hydrogen (secondary N) is 1. The van der Waals surface area contributed by atoms with Gasteiger partial charge >= 0.3 is 0 Å². The van der Waals surface area contributed by atoms with E-state index in [9.17, 15) is 9.59 Å². The van der Waals surface area contributed by atoms with Gasteiger partial charge in [-0.25, -0.2) is 0 Å². The van der Waals surface area contributed by atoms with Crippen molar-refractivity contribution in [2.45, 2.75) is 6.92 Å². The standard InChI is InChI=1S/C22H24N4O3/c1-3-29-17-10-8-16(9-11-17)26-21(27)19-7-5-4-6-18(19)20(23-26)22(28)25-14-12-24(2)13-15-25/h4-11H,3,12-15H2,1-2H3/p+1. The molecule has 0 saturated carbocycles. The van der Waals surface area contributed by atoms with Gasteiger partial charge in [0.1, 0.15) is 5.75 Å². The number of hydrogen-bond donors (Lipinski definition) is 1. The van der Waals surface area contributed by atoms with E-state index in [0.717, 1.165) is 18.8 Å². The van der Waals surface area contributed by atoms with Gasteiger partial charge in [-0.1, -0.05) is 18.2 Å². The van der Waals surface area contributed by atoms with Crippen LogP contribution < -0.4 is 15.2 Å². The first kappa shape index (κ1) is 19.1. The van der Waals surface area contributed by atoms with Crippen molar-refractivity contribution in [3.05, 3.63) is 64.6 Å². The zero-order valence-corrected chi connectivity index (χ0v) is 16.7. The normalized spacial score (nSPS) is 14.9. The number of aromatic nitrogens is 2. The Morgan fingerprint density at radius 2 is 1.72 bits per heavy atom. The number of rotatable bonds is 4. The van der Waals surface area contributed by atoms with Crippen LogP contribution in [0.25, 0.3) is 16.5 Å². The van der Waals surface area contributed by atoms with Gasteiger partial charge in [0.15, 0.2) is 5.69 Å². The summed E-state index contributed by atoms with van der Waals surface area (Å²) in [5.41, 5.74) is 0.666. The number of carbonyl (C=O) groups excluding carboxylic acids is 1. The number of benzene rings is 2. The van der Waals surface area contributed by atoms with Crippen molar-refractivity contribution in [2.75, 3.05) is 39.8 Å². The van der Waals surface area contributed by atoms with Gasteiger partial charge in [0.05, 0.1) is 50.9 Å². The smallest absolute Gasteiger partial charge is 0.279 e. The highest BCUT2D eigenvalue weighted by Crippen LogP contribution is 2.19. The van der Waals surface area contributed by atoms with Crippen LogP contribution in [0.15, 0.2) is 53.3 Å². The van der Waals surface area contributed by atoms with Crippen LogP contribution in [-0.2, 0) is 0 Å². The van der Waals surface area contributed by atoms with Gasteiger partial charge in [0, 0.05) is 5.39 Å². The van der Waals surface area contributed by atoms with Crippen LogP contribution in [0.4, 0.5) is 0 Å². The number of hydrogen-bond acceptors (Lipinski definition) is 4. The molecule has 0 radical (unpaired) electrons. The fourth-order valence-electron chi connectivity index (χ4n) is 3.61. The molecule has 7 heteroatoms. The van der Waals surface area contributed by atoms with Gasteiger partial charge in [-0.05, 0) is 37.3 Å². The average molecular weight is 393 g/mol. The highest BCUT2D eigenvalue weighted by Gasteiger charge is 2.26. The Hall–Kier alpha value is -3.19. The lowest BCUT2D eigenvalue weighted by Gasteiger charge is -2.30. The summed E-state index contributed by atoms with van der Waals surface area (Å²) in [6, 6.07) is 14.3. The Morgan fingerprint density at radius 1 is 1.07 bits per heavy atom. The lowest BCUT2D eigenvalue weighted by molar-refractivity contribution is -0.883. The maximum atomic E-state index is 13.3. The summed E-state index contributed by atoms with van der Waals surface area (Å²) in [6.45, 7) is 5.66. The summed E-state index contributed by atoms with van der Waals surface area (Å²) in [5.74, 6) is 0.592. The first-order valence-corrected chi connectivity index (χ1v) is 9.94. The maximum Gasteiger partial charge on any atom is 0.279 e. The molecule has 0 unspecified atom stereocenters. The minimum Gasteiger partial charge on any atom is -0.494 e. The number of likely N-dealkylation sites (N-methyl/N-ethyl adjacent to an activating group) is 1. The molecule has 7 nitrogen and oxygen atoms in total. The van der Waals surface area contributed by atoms with E-state index in [4.69, 9.17) is 4.74 Å². The molecule has 0 bridgehead atoms. The Balaban J connectivity index is 1.81. The molecule has 0 spiro atoms. The van der Waals surface area contributed by atoms with Crippen molar-refractivity contribution >= 4 is 16.7 Å². The molecular weight excluding hydrogens is 368 g/mol. The lowest BCUT2D eigenvalue weighted by atomic mass is 10.1. The predicted molar refractivity (Wildman–Crippen MR) is 111 cm³/mol. The Labute approximate surface area is 169 Å². The van der Waals surface area contributed by atoms with Crippen molar-refractivity contribution in [1.29, 1.82) is 0 Å². The second kappa shape index (κ2) is 8.05. The number of piperazine rings is 1. The van der Waals surface area contributed by atoms with E-state index in [1.807, 2.05) is 17.9 Å². The van der Waals surface area contributed by atoms with E-state index < -0.39 is 0 Å². The molecule has 1 N–H and O–H groups in total. The molecule has 4 rings (SSSR count). The molecule has 29 heavy (non-hydrogen) atoms. The fourth-order valence-corrected chi connectivity index (χ4v) is 3.61. The quantitative estimate of drug-likeness (QED) is 0.711. The Morgan fingerprint density at radius 3 is 2.38 bits per heavy atom. The van der Waals surface area contributed by atoms with Gasteiger partial charge < -0.3 is 14.5 Å². The summed E-state index contributed by atoms with van der Waals surface area (Å²) in [6.07, 6.45) is 0. The van der Waals surface area contributed by atoms with Gasteiger partial charge in [-0.2, -0.15) is 9.78 Å². The van der Waals surface area contributed by atoms with Crippen molar-refractivity contribution in [3.8, 4) is 11.4 Å². The molecule has 1 aliphatic heterocycles. The summed E-state index contributed by atoms with van der Waals surface area (Å²) in [7, 11) is 2.13. The SMILES string of the molecule is CCOc1ccc(-n2nc(C(=O)N3CC[NH+](C)CC3)c3ccccc3c2=O)cc1. The lowest BCUT2D eigenvalue weighted by Crippen LogP contribution is -3.12. The largest absolute Gasteiger partial charge is 0.494 e. The predicted octanol–water partition coefficient (Wildman–Crippen LogP) is 0.755. The zero-order chi connectivity index (χ0) is 20.4. The summed E-state index contributed by atoms with van der Waals surface area (Å²) in [4.78, 5) is 29.6. The average Bonchev–Trinajstić information content (AvgIpc) is 2.75. The van der Waals surface area contributed by atoms with Crippen molar-refractivity contribution in [3.63, 3.8) is 0 Å². The van der Waals surface area contributed by atoms with E-state index in [-0.39, 0.29) is 11.5 Å². The second-order valence-electron chi connectivity index (χ2n) is 7.29. The molecule has 2 aromatic carbocycles. The van der Waals surface area contributed by atoms with Crippen molar-refractivity contribution in [2.24, 2.45) is 0 Å². The molecule has 1 amide bonds. The molecular formula is C22H25N4O3+. The van der Waals surface area contributed by atoms with Crippen LogP contribution in [0, 0.1) is 0 Å². The molecule has 1 fully saturated rings. The molecule has 0 atom stereocenters. The van der Waals surface area contributed by atoms with E-state index in [1.54, 1.807) is 42.5 Å². The van der Waals surface area contributed by atoms with E-state index in [1.165, 1.54) is 9.58 Å². The number of carbonyl (C=O) groups is 1. The number of amides is 1. The molecule has 2 heterocycles. The third-order valence-corrected chi connectivity index (χ3v) is 5.30. The van der Waals surface area contributed by atoms with Crippen LogP contribution in [-0.4, -0.2) is 60.4 Å². The topological polar surface area (TPSA) is 68.9 Å². The Bertz CT molecular complexity index is 1080. The minimum absolute atomic E-state index is 0.131. The summed E-state index contributed by atoms with van der Waals surface area (Å²) in [5, 5.41) is 5.58. The van der Waals surface area contributed by atoms with Gasteiger partial charge in [0.25, 0.3) is 11.5 Å². The minimum atomic E-state index is -0.246. The van der Waals surface area contributed by atoms with Crippen LogP contribution in [0.1, 0.15) is 17.4 Å². The first-order valence-electron chi connectivity index (χ1n) is 9.94. The third kappa shape index (κ3) is 3.73. The number of nitrogens with zero attached hydrogens (tertiary/aromatic N) is 3. The molecule has 1 aliphatic rings. The summed E-state index contributed by atoms with van der Waals surface area (Å²) >= 11 is 0. The van der Waals surface area contributed by atoms with E-state index >= 15 is 0 Å². The van der Waals surface area contributed by atoms with Gasteiger partial charge in [-0.3, -0.25) is 9.59 Å². The third-order valence-electron chi connectivity index (χ3n) is 5.30. The fraction of sp³-hybridized carbons (Fsp3) is 0.318. The van der Waals surface area contributed by atoms with Crippen molar-refractivity contribution in [1.82, 2.24) is 14.7 Å². The van der Waals surface area contributed by atoms with Crippen LogP contribution in [0.2, 0.25) is 0 Å². The molecule has 0 aliphatic carbocycles. The first-order chi connectivity index (χ1) is 14.1. The second-order valence-corrected chi connectivity index (χ2v) is 7.29. The van der Waals surface area contributed by atoms with Crippen molar-refractivity contribution < 1.29 is 14.4 Å². The number of fused-ring (bicyclic) bond motifs is 1. The monoisotopic (exact) mass is 393 g/mol. The van der Waals surface area contributed by atoms with E-state index in [0.29, 0.717) is 41.9 Å². The maximum absolute atomic E-state index is 13.3. The van der Waals surface area contributed by atoms with Gasteiger partial charge in [-0.15, -0.1) is 0 Å². The van der Waals surface area contributed by atoms with E-state index in [2.05, 4.69) is 12.1 Å². The molecule has 150 valence electrons. The molecule has 3 aromatic rings. The highest BCUT2D eigenvalue weighted by molar-refractivity contribution is 6.04. The number of quaternary nitrogens is 1. The van der Waals surface area contributed by atoms with Crippen LogP contribution >= 0.6 is 0 Å². The number of ether oxygens (including phenoxy) is 1. The van der Waals surface area contributed by atoms with Crippen LogP contribution in [0.5, 0.6) is 5.75 Å². The molecule has 1 saturated heterocycles.